The maximum atomic E-state index is 11.0. The van der Waals surface area contributed by atoms with Crippen LogP contribution in [0, 0.1) is 5.41 Å². The van der Waals surface area contributed by atoms with Crippen molar-refractivity contribution in [1.29, 1.82) is 0 Å². The molecule has 2 fully saturated rings. The van der Waals surface area contributed by atoms with E-state index in [1.807, 2.05) is 33.6 Å². The first-order valence-corrected chi connectivity index (χ1v) is 11.0. The standard InChI is InChI=1S/C23H26N6O3/c24-21-16-4-7-29(22(16)27-13-26-21)17-11-23(20(31)19(17)30)10-15(32-12-23)2-1-14-3-6-28-8-5-25-18(28)9-14/h3-9,13,15,17,19-20,30-31H,1-2,10-12H2,(H2,24,26,27)/t15-,17+,19-,20-,23-/m0/s1. The second-order valence-corrected chi connectivity index (χ2v) is 9.19. The van der Waals surface area contributed by atoms with Crippen LogP contribution >= 0.6 is 0 Å². The van der Waals surface area contributed by atoms with Gasteiger partial charge in [-0.15, -0.1) is 0 Å². The fourth-order valence-corrected chi connectivity index (χ4v) is 5.58. The van der Waals surface area contributed by atoms with Gasteiger partial charge in [0.05, 0.1) is 30.2 Å². The minimum absolute atomic E-state index is 0.0472. The van der Waals surface area contributed by atoms with Crippen LogP contribution in [-0.2, 0) is 11.2 Å². The first-order valence-electron chi connectivity index (χ1n) is 11.0. The fraction of sp³-hybridized carbons (Fsp3) is 0.435. The molecular weight excluding hydrogens is 408 g/mol. The molecule has 4 aromatic rings. The molecular formula is C23H26N6O3. The quantitative estimate of drug-likeness (QED) is 0.447. The number of fused-ring (bicyclic) bond motifs is 2. The van der Waals surface area contributed by atoms with Crippen molar-refractivity contribution in [3.63, 3.8) is 0 Å². The van der Waals surface area contributed by atoms with Crippen LogP contribution in [0.15, 0.2) is 49.3 Å². The van der Waals surface area contributed by atoms with Crippen LogP contribution in [0.2, 0.25) is 0 Å². The van der Waals surface area contributed by atoms with E-state index in [4.69, 9.17) is 10.5 Å². The van der Waals surface area contributed by atoms with Gasteiger partial charge < -0.3 is 29.7 Å². The normalized spacial score (nSPS) is 30.2. The van der Waals surface area contributed by atoms with Crippen LogP contribution in [0.3, 0.4) is 0 Å². The number of aryl methyl sites for hydroxylation is 1. The molecule has 5 atom stereocenters. The maximum absolute atomic E-state index is 11.0. The Hall–Kier alpha value is -3.01. The zero-order chi connectivity index (χ0) is 21.9. The highest BCUT2D eigenvalue weighted by atomic mass is 16.5. The Morgan fingerprint density at radius 1 is 1.12 bits per heavy atom. The molecule has 0 aromatic carbocycles. The lowest BCUT2D eigenvalue weighted by atomic mass is 9.80. The molecule has 9 nitrogen and oxygen atoms in total. The number of aliphatic hydroxyl groups excluding tert-OH is 2. The highest BCUT2D eigenvalue weighted by Crippen LogP contribution is 2.52. The summed E-state index contributed by atoms with van der Waals surface area (Å²) >= 11 is 0. The summed E-state index contributed by atoms with van der Waals surface area (Å²) in [6.45, 7) is 0.446. The van der Waals surface area contributed by atoms with Gasteiger partial charge in [-0.2, -0.15) is 0 Å². The van der Waals surface area contributed by atoms with E-state index >= 15 is 0 Å². The lowest BCUT2D eigenvalue weighted by molar-refractivity contribution is -0.0309. The van der Waals surface area contributed by atoms with E-state index in [1.165, 1.54) is 11.9 Å². The minimum Gasteiger partial charge on any atom is -0.390 e. The fourth-order valence-electron chi connectivity index (χ4n) is 5.58. The number of hydrogen-bond donors (Lipinski definition) is 3. The molecule has 166 valence electrons. The van der Waals surface area contributed by atoms with Gasteiger partial charge >= 0.3 is 0 Å². The van der Waals surface area contributed by atoms with Crippen LogP contribution in [-0.4, -0.2) is 59.1 Å². The van der Waals surface area contributed by atoms with Crippen molar-refractivity contribution in [3.8, 4) is 0 Å². The highest BCUT2D eigenvalue weighted by Gasteiger charge is 2.57. The van der Waals surface area contributed by atoms with Gasteiger partial charge in [0.25, 0.3) is 0 Å². The minimum atomic E-state index is -0.896. The molecule has 0 unspecified atom stereocenters. The average molecular weight is 434 g/mol. The number of hydrogen-bond acceptors (Lipinski definition) is 7. The molecule has 1 saturated heterocycles. The molecule has 1 spiro atoms. The van der Waals surface area contributed by atoms with E-state index in [-0.39, 0.29) is 12.1 Å². The zero-order valence-electron chi connectivity index (χ0n) is 17.6. The lowest BCUT2D eigenvalue weighted by Gasteiger charge is -2.26. The number of nitrogens with two attached hydrogens (primary N) is 1. The van der Waals surface area contributed by atoms with Crippen LogP contribution in [0.5, 0.6) is 0 Å². The molecule has 1 aliphatic carbocycles. The number of imidazole rings is 1. The van der Waals surface area contributed by atoms with Gasteiger partial charge in [0.2, 0.25) is 0 Å². The van der Waals surface area contributed by atoms with Gasteiger partial charge in [-0.1, -0.05) is 0 Å². The van der Waals surface area contributed by atoms with E-state index in [9.17, 15) is 10.2 Å². The van der Waals surface area contributed by atoms with E-state index < -0.39 is 17.6 Å². The van der Waals surface area contributed by atoms with Gasteiger partial charge in [0.1, 0.15) is 29.5 Å². The van der Waals surface area contributed by atoms with Crippen molar-refractivity contribution >= 4 is 22.5 Å². The number of anilines is 1. The third-order valence-corrected chi connectivity index (χ3v) is 7.32. The molecule has 0 amide bonds. The van der Waals surface area contributed by atoms with Gasteiger partial charge in [-0.25, -0.2) is 15.0 Å². The molecule has 1 aliphatic heterocycles. The van der Waals surface area contributed by atoms with Crippen molar-refractivity contribution in [2.45, 2.75) is 50.0 Å². The predicted octanol–water partition coefficient (Wildman–Crippen LogP) is 1.74. The van der Waals surface area contributed by atoms with Crippen molar-refractivity contribution < 1.29 is 14.9 Å². The summed E-state index contributed by atoms with van der Waals surface area (Å²) in [5.74, 6) is 0.411. The van der Waals surface area contributed by atoms with E-state index in [0.29, 0.717) is 24.5 Å². The Bertz CT molecular complexity index is 1290. The van der Waals surface area contributed by atoms with Crippen molar-refractivity contribution in [2.24, 2.45) is 5.41 Å². The first-order chi connectivity index (χ1) is 15.5. The van der Waals surface area contributed by atoms with E-state index in [1.54, 1.807) is 6.20 Å². The molecule has 5 heterocycles. The Kier molecular flexibility index (Phi) is 4.46. The Balaban J connectivity index is 1.18. The summed E-state index contributed by atoms with van der Waals surface area (Å²) in [6.07, 6.45) is 10.4. The number of nitrogen functional groups attached to an aromatic ring is 1. The largest absolute Gasteiger partial charge is 0.390 e. The maximum Gasteiger partial charge on any atom is 0.145 e. The second-order valence-electron chi connectivity index (χ2n) is 9.19. The topological polar surface area (TPSA) is 124 Å². The van der Waals surface area contributed by atoms with Crippen molar-refractivity contribution in [3.05, 3.63) is 54.9 Å². The molecule has 0 bridgehead atoms. The van der Waals surface area contributed by atoms with E-state index in [2.05, 4.69) is 27.1 Å². The summed E-state index contributed by atoms with van der Waals surface area (Å²) < 4.78 is 10.0. The smallest absolute Gasteiger partial charge is 0.145 e. The van der Waals surface area contributed by atoms with Gasteiger partial charge in [0, 0.05) is 30.2 Å². The SMILES string of the molecule is Nc1ncnc2c1ccn2[C@@H]1C[C@@]2(CO[C@@H](CCc3ccn4ccnc4c3)C2)[C@@H](O)[C@H]1O. The summed E-state index contributed by atoms with van der Waals surface area (Å²) in [6, 6.07) is 5.77. The molecule has 9 heteroatoms. The monoisotopic (exact) mass is 434 g/mol. The van der Waals surface area contributed by atoms with Crippen molar-refractivity contribution in [2.75, 3.05) is 12.3 Å². The number of ether oxygens (including phenoxy) is 1. The van der Waals surface area contributed by atoms with Crippen LogP contribution in [0.4, 0.5) is 5.82 Å². The predicted molar refractivity (Wildman–Crippen MR) is 118 cm³/mol. The number of nitrogens with zero attached hydrogens (tertiary/aromatic N) is 5. The first kappa shape index (κ1) is 19.7. The number of rotatable bonds is 4. The lowest BCUT2D eigenvalue weighted by Crippen LogP contribution is -2.37. The number of aromatic nitrogens is 5. The molecule has 1 saturated carbocycles. The number of pyridine rings is 1. The zero-order valence-corrected chi connectivity index (χ0v) is 17.6. The molecule has 2 aliphatic rings. The summed E-state index contributed by atoms with van der Waals surface area (Å²) in [7, 11) is 0. The molecule has 32 heavy (non-hydrogen) atoms. The highest BCUT2D eigenvalue weighted by molar-refractivity contribution is 5.86. The molecule has 6 rings (SSSR count). The van der Waals surface area contributed by atoms with Crippen LogP contribution in [0.1, 0.15) is 30.9 Å². The van der Waals surface area contributed by atoms with Crippen molar-refractivity contribution in [1.82, 2.24) is 23.9 Å². The Morgan fingerprint density at radius 3 is 2.94 bits per heavy atom. The molecule has 4 aromatic heterocycles. The Morgan fingerprint density at radius 2 is 2.03 bits per heavy atom. The second kappa shape index (κ2) is 7.26. The van der Waals surface area contributed by atoms with Crippen LogP contribution in [0.25, 0.3) is 16.7 Å². The van der Waals surface area contributed by atoms with Gasteiger partial charge in [0.15, 0.2) is 0 Å². The molecule has 0 radical (unpaired) electrons. The van der Waals surface area contributed by atoms with Gasteiger partial charge in [-0.3, -0.25) is 0 Å². The summed E-state index contributed by atoms with van der Waals surface area (Å²) in [4.78, 5) is 12.7. The van der Waals surface area contributed by atoms with E-state index in [0.717, 1.165) is 30.3 Å². The summed E-state index contributed by atoms with van der Waals surface area (Å²) in [5, 5.41) is 22.7. The number of aliphatic hydroxyl groups is 2. The third-order valence-electron chi connectivity index (χ3n) is 7.32. The Labute approximate surface area is 184 Å². The molecule has 4 N–H and O–H groups in total. The van der Waals surface area contributed by atoms with Crippen LogP contribution < -0.4 is 5.73 Å². The summed E-state index contributed by atoms with van der Waals surface area (Å²) in [5.41, 5.74) is 8.34. The van der Waals surface area contributed by atoms with Gasteiger partial charge in [-0.05, 0) is 49.4 Å². The third kappa shape index (κ3) is 3.00. The average Bonchev–Trinajstić information content (AvgIpc) is 3.56.